The molecule has 0 radical (unpaired) electrons. The fourth-order valence-electron chi connectivity index (χ4n) is 3.58. The molecule has 2 aromatic rings. The molecule has 0 aliphatic carbocycles. The maximum atomic E-state index is 13.0. The number of esters is 1. The highest BCUT2D eigenvalue weighted by Crippen LogP contribution is 2.42. The molecule has 0 N–H and O–H groups in total. The molecular formula is C22H18ClNO4. The van der Waals surface area contributed by atoms with Crippen molar-refractivity contribution in [2.75, 3.05) is 18.1 Å². The number of hydrogen-bond acceptors (Lipinski definition) is 4. The van der Waals surface area contributed by atoms with E-state index in [-0.39, 0.29) is 30.8 Å². The quantitative estimate of drug-likeness (QED) is 0.561. The Labute approximate surface area is 167 Å². The number of ether oxygens (including phenoxy) is 2. The summed E-state index contributed by atoms with van der Waals surface area (Å²) < 4.78 is 10.8. The Balaban J connectivity index is 1.70. The van der Waals surface area contributed by atoms with Crippen molar-refractivity contribution in [1.82, 2.24) is 0 Å². The number of rotatable bonds is 5. The Morgan fingerprint density at radius 1 is 1.14 bits per heavy atom. The van der Waals surface area contributed by atoms with E-state index in [2.05, 4.69) is 6.58 Å². The molecule has 0 fully saturated rings. The molecule has 1 atom stereocenters. The van der Waals surface area contributed by atoms with Gasteiger partial charge in [0.15, 0.2) is 0 Å². The van der Waals surface area contributed by atoms with Crippen LogP contribution in [-0.4, -0.2) is 25.1 Å². The van der Waals surface area contributed by atoms with E-state index in [1.54, 1.807) is 35.2 Å². The first-order valence-corrected chi connectivity index (χ1v) is 9.28. The molecule has 4 rings (SSSR count). The lowest BCUT2D eigenvalue weighted by molar-refractivity contribution is -0.136. The minimum absolute atomic E-state index is 0.0829. The van der Waals surface area contributed by atoms with E-state index in [1.807, 2.05) is 24.3 Å². The lowest BCUT2D eigenvalue weighted by Gasteiger charge is -2.32. The van der Waals surface area contributed by atoms with Gasteiger partial charge < -0.3 is 9.47 Å². The average molecular weight is 396 g/mol. The first-order chi connectivity index (χ1) is 13.6. The Morgan fingerprint density at radius 3 is 2.54 bits per heavy atom. The van der Waals surface area contributed by atoms with E-state index in [1.165, 1.54) is 0 Å². The van der Waals surface area contributed by atoms with Crippen LogP contribution in [0.2, 0.25) is 5.02 Å². The maximum absolute atomic E-state index is 13.0. The molecule has 0 bridgehead atoms. The van der Waals surface area contributed by atoms with Gasteiger partial charge in [-0.3, -0.25) is 9.69 Å². The monoisotopic (exact) mass is 395 g/mol. The van der Waals surface area contributed by atoms with Crippen molar-refractivity contribution >= 4 is 29.2 Å². The van der Waals surface area contributed by atoms with Crippen molar-refractivity contribution < 1.29 is 19.1 Å². The van der Waals surface area contributed by atoms with Gasteiger partial charge in [-0.05, 0) is 42.0 Å². The summed E-state index contributed by atoms with van der Waals surface area (Å²) in [7, 11) is 0. The number of nitrogens with zero attached hydrogens (tertiary/aromatic N) is 1. The number of anilines is 1. The summed E-state index contributed by atoms with van der Waals surface area (Å²) in [6.45, 7) is 4.12. The topological polar surface area (TPSA) is 55.8 Å². The molecule has 2 aromatic carbocycles. The van der Waals surface area contributed by atoms with Gasteiger partial charge >= 0.3 is 5.97 Å². The van der Waals surface area contributed by atoms with Crippen LogP contribution in [0.5, 0.6) is 5.75 Å². The number of cyclic esters (lactones) is 1. The predicted octanol–water partition coefficient (Wildman–Crippen LogP) is 4.24. The zero-order chi connectivity index (χ0) is 19.7. The normalized spacial score (nSPS) is 18.8. The molecule has 2 heterocycles. The summed E-state index contributed by atoms with van der Waals surface area (Å²) in [5, 5.41) is 0.581. The van der Waals surface area contributed by atoms with Crippen molar-refractivity contribution in [3.8, 4) is 5.75 Å². The van der Waals surface area contributed by atoms with Gasteiger partial charge in [-0.2, -0.15) is 0 Å². The minimum atomic E-state index is -0.376. The van der Waals surface area contributed by atoms with Gasteiger partial charge in [0, 0.05) is 23.0 Å². The largest absolute Gasteiger partial charge is 0.490 e. The predicted molar refractivity (Wildman–Crippen MR) is 106 cm³/mol. The smallest absolute Gasteiger partial charge is 0.336 e. The lowest BCUT2D eigenvalue weighted by atomic mass is 9.84. The highest BCUT2D eigenvalue weighted by atomic mass is 35.5. The van der Waals surface area contributed by atoms with E-state index in [0.717, 1.165) is 5.56 Å². The number of carbonyl (C=O) groups excluding carboxylic acids is 2. The molecule has 5 nitrogen and oxygen atoms in total. The van der Waals surface area contributed by atoms with Gasteiger partial charge in [0.2, 0.25) is 5.91 Å². The van der Waals surface area contributed by atoms with E-state index in [9.17, 15) is 9.59 Å². The molecule has 28 heavy (non-hydrogen) atoms. The van der Waals surface area contributed by atoms with Crippen LogP contribution >= 0.6 is 11.6 Å². The van der Waals surface area contributed by atoms with Crippen LogP contribution in [0.3, 0.4) is 0 Å². The number of hydrogen-bond donors (Lipinski definition) is 0. The van der Waals surface area contributed by atoms with Gasteiger partial charge in [-0.25, -0.2) is 4.79 Å². The van der Waals surface area contributed by atoms with E-state index in [4.69, 9.17) is 21.1 Å². The SMILES string of the molecule is C=CCOc1ccc([C@H]2CC(=O)N(c3ccc(Cl)cc3)C3=C2C(=O)OC3)cc1. The maximum Gasteiger partial charge on any atom is 0.336 e. The highest BCUT2D eigenvalue weighted by Gasteiger charge is 2.42. The van der Waals surface area contributed by atoms with E-state index in [0.29, 0.717) is 34.3 Å². The van der Waals surface area contributed by atoms with E-state index >= 15 is 0 Å². The summed E-state index contributed by atoms with van der Waals surface area (Å²) in [6, 6.07) is 14.4. The lowest BCUT2D eigenvalue weighted by Crippen LogP contribution is -2.37. The van der Waals surface area contributed by atoms with Gasteiger partial charge in [0.1, 0.15) is 19.0 Å². The van der Waals surface area contributed by atoms with Crippen molar-refractivity contribution in [1.29, 1.82) is 0 Å². The second-order valence-corrected chi connectivity index (χ2v) is 7.00. The molecule has 1 amide bonds. The number of halogens is 1. The molecule has 2 aliphatic heterocycles. The first kappa shape index (κ1) is 18.3. The Kier molecular flexibility index (Phi) is 4.92. The summed E-state index contributed by atoms with van der Waals surface area (Å²) in [5.41, 5.74) is 2.68. The van der Waals surface area contributed by atoms with Crippen molar-refractivity contribution in [3.63, 3.8) is 0 Å². The second kappa shape index (κ2) is 7.52. The Bertz CT molecular complexity index is 963. The molecule has 0 spiro atoms. The third-order valence-electron chi connectivity index (χ3n) is 4.85. The summed E-state index contributed by atoms with van der Waals surface area (Å²) >= 11 is 5.96. The zero-order valence-corrected chi connectivity index (χ0v) is 15.8. The van der Waals surface area contributed by atoms with E-state index < -0.39 is 0 Å². The fourth-order valence-corrected chi connectivity index (χ4v) is 3.71. The Hall–Kier alpha value is -3.05. The summed E-state index contributed by atoms with van der Waals surface area (Å²) in [6.07, 6.45) is 1.86. The van der Waals surface area contributed by atoms with Crippen LogP contribution in [0.1, 0.15) is 17.9 Å². The first-order valence-electron chi connectivity index (χ1n) is 8.91. The van der Waals surface area contributed by atoms with Crippen LogP contribution in [0.25, 0.3) is 0 Å². The Morgan fingerprint density at radius 2 is 1.86 bits per heavy atom. The molecule has 0 aromatic heterocycles. The number of carbonyl (C=O) groups is 2. The molecule has 0 unspecified atom stereocenters. The van der Waals surface area contributed by atoms with Gasteiger partial charge in [-0.15, -0.1) is 0 Å². The van der Waals surface area contributed by atoms with Crippen LogP contribution in [0.15, 0.2) is 72.5 Å². The van der Waals surface area contributed by atoms with Crippen LogP contribution in [-0.2, 0) is 14.3 Å². The molecule has 0 saturated heterocycles. The van der Waals surface area contributed by atoms with Crippen molar-refractivity contribution in [3.05, 3.63) is 83.0 Å². The standard InChI is InChI=1S/C22H18ClNO4/c1-2-11-27-17-9-3-14(4-10-17)18-12-20(25)24(16-7-5-15(23)6-8-16)19-13-28-22(26)21(18)19/h2-10,18H,1,11-13H2/t18-/m1/s1. The van der Waals surface area contributed by atoms with Gasteiger partial charge in [-0.1, -0.05) is 36.4 Å². The van der Waals surface area contributed by atoms with Gasteiger partial charge in [0.05, 0.1) is 11.3 Å². The zero-order valence-electron chi connectivity index (χ0n) is 15.1. The van der Waals surface area contributed by atoms with Gasteiger partial charge in [0.25, 0.3) is 0 Å². The number of benzene rings is 2. The molecule has 6 heteroatoms. The summed E-state index contributed by atoms with van der Waals surface area (Å²) in [4.78, 5) is 27.0. The summed E-state index contributed by atoms with van der Waals surface area (Å²) in [5.74, 6) is -0.0962. The van der Waals surface area contributed by atoms with Crippen LogP contribution in [0, 0.1) is 0 Å². The molecular weight excluding hydrogens is 378 g/mol. The van der Waals surface area contributed by atoms with Crippen molar-refractivity contribution in [2.45, 2.75) is 12.3 Å². The fraction of sp³-hybridized carbons (Fsp3) is 0.182. The van der Waals surface area contributed by atoms with Crippen LogP contribution < -0.4 is 9.64 Å². The van der Waals surface area contributed by atoms with Crippen LogP contribution in [0.4, 0.5) is 5.69 Å². The molecule has 2 aliphatic rings. The minimum Gasteiger partial charge on any atom is -0.490 e. The molecule has 142 valence electrons. The third kappa shape index (κ3) is 3.29. The number of amides is 1. The van der Waals surface area contributed by atoms with Crippen molar-refractivity contribution in [2.24, 2.45) is 0 Å². The molecule has 0 saturated carbocycles. The average Bonchev–Trinajstić information content (AvgIpc) is 3.09. The second-order valence-electron chi connectivity index (χ2n) is 6.57. The third-order valence-corrected chi connectivity index (χ3v) is 5.10. The highest BCUT2D eigenvalue weighted by molar-refractivity contribution is 6.30.